The van der Waals surface area contributed by atoms with E-state index < -0.39 is 0 Å². The monoisotopic (exact) mass is 187 g/mol. The van der Waals surface area contributed by atoms with E-state index in [1.54, 1.807) is 0 Å². The average Bonchev–Trinajstić information content (AvgIpc) is 3.05. The Bertz CT molecular complexity index is 415. The van der Waals surface area contributed by atoms with Crippen LogP contribution in [-0.4, -0.2) is 18.2 Å². The largest absolute Gasteiger partial charge is 0.377 e. The van der Waals surface area contributed by atoms with Gasteiger partial charge in [0.15, 0.2) is 0 Å². The van der Waals surface area contributed by atoms with E-state index in [9.17, 15) is 0 Å². The van der Waals surface area contributed by atoms with E-state index in [1.165, 1.54) is 10.9 Å². The Kier molecular flexibility index (Phi) is 2.75. The van der Waals surface area contributed by atoms with Crippen LogP contribution in [0.2, 0.25) is 0 Å². The molecule has 72 valence electrons. The van der Waals surface area contributed by atoms with Crippen molar-refractivity contribution in [2.24, 2.45) is 0 Å². The number of hydrogen-bond donors (Lipinski definition) is 0. The minimum absolute atomic E-state index is 1.00. The van der Waals surface area contributed by atoms with E-state index in [2.05, 4.69) is 28.8 Å². The number of nitrogens with zero attached hydrogens (tertiary/aromatic N) is 1. The molecule has 1 saturated heterocycles. The fourth-order valence-corrected chi connectivity index (χ4v) is 1.26. The molecule has 3 rings (SSSR count). The standard InChI is InChI=1S/C10H9N.C2H4O/c1-8-4-2-6-10-9(8)5-3-7-11-10;1-2-3-1/h2-7H,1H3;1-2H2. The van der Waals surface area contributed by atoms with Gasteiger partial charge in [0.05, 0.1) is 18.7 Å². The van der Waals surface area contributed by atoms with Crippen LogP contribution in [0.4, 0.5) is 0 Å². The Balaban J connectivity index is 0.000000214. The van der Waals surface area contributed by atoms with Crippen molar-refractivity contribution in [2.45, 2.75) is 6.92 Å². The molecule has 0 spiro atoms. The highest BCUT2D eigenvalue weighted by molar-refractivity contribution is 5.81. The summed E-state index contributed by atoms with van der Waals surface area (Å²) < 4.78 is 4.50. The van der Waals surface area contributed by atoms with Gasteiger partial charge in [-0.1, -0.05) is 18.2 Å². The van der Waals surface area contributed by atoms with E-state index in [0.29, 0.717) is 0 Å². The molecule has 2 aromatic rings. The molecule has 0 saturated carbocycles. The molecule has 1 aliphatic rings. The second-order valence-corrected chi connectivity index (χ2v) is 3.26. The summed E-state index contributed by atoms with van der Waals surface area (Å²) in [6.07, 6.45) is 1.82. The maximum Gasteiger partial charge on any atom is 0.0704 e. The second kappa shape index (κ2) is 4.20. The lowest BCUT2D eigenvalue weighted by molar-refractivity contribution is 0.475. The molecule has 0 aliphatic carbocycles. The van der Waals surface area contributed by atoms with Crippen LogP contribution in [0.3, 0.4) is 0 Å². The van der Waals surface area contributed by atoms with Crippen molar-refractivity contribution >= 4 is 10.9 Å². The van der Waals surface area contributed by atoms with Crippen molar-refractivity contribution in [1.29, 1.82) is 0 Å². The molecular formula is C12H13NO. The molecule has 1 aromatic carbocycles. The third-order valence-corrected chi connectivity index (χ3v) is 2.07. The number of aromatic nitrogens is 1. The zero-order chi connectivity index (χ0) is 9.80. The molecule has 1 aromatic heterocycles. The van der Waals surface area contributed by atoms with Gasteiger partial charge in [-0.3, -0.25) is 4.98 Å². The van der Waals surface area contributed by atoms with Gasteiger partial charge in [0.2, 0.25) is 0 Å². The normalized spacial score (nSPS) is 13.2. The van der Waals surface area contributed by atoms with Gasteiger partial charge in [-0.2, -0.15) is 0 Å². The van der Waals surface area contributed by atoms with E-state index in [4.69, 9.17) is 0 Å². The highest BCUT2D eigenvalue weighted by Gasteiger charge is 1.94. The van der Waals surface area contributed by atoms with Crippen LogP contribution in [0.25, 0.3) is 10.9 Å². The Morgan fingerprint density at radius 2 is 1.93 bits per heavy atom. The van der Waals surface area contributed by atoms with E-state index >= 15 is 0 Å². The fraction of sp³-hybridized carbons (Fsp3) is 0.250. The van der Waals surface area contributed by atoms with Crippen molar-refractivity contribution in [1.82, 2.24) is 4.98 Å². The number of ether oxygens (including phenoxy) is 1. The zero-order valence-corrected chi connectivity index (χ0v) is 8.23. The summed E-state index contributed by atoms with van der Waals surface area (Å²) in [5, 5.41) is 1.25. The molecule has 1 aliphatic heterocycles. The summed E-state index contributed by atoms with van der Waals surface area (Å²) in [4.78, 5) is 4.24. The van der Waals surface area contributed by atoms with Crippen molar-refractivity contribution in [3.8, 4) is 0 Å². The molecule has 0 unspecified atom stereocenters. The first-order valence-corrected chi connectivity index (χ1v) is 4.76. The number of pyridine rings is 1. The minimum atomic E-state index is 1.00. The molecule has 2 heteroatoms. The van der Waals surface area contributed by atoms with Gasteiger partial charge in [0.25, 0.3) is 0 Å². The van der Waals surface area contributed by atoms with Gasteiger partial charge in [0, 0.05) is 11.6 Å². The molecule has 0 radical (unpaired) electrons. The molecule has 0 atom stereocenters. The maximum atomic E-state index is 4.50. The minimum Gasteiger partial charge on any atom is -0.377 e. The Labute approximate surface area is 83.5 Å². The SMILES string of the molecule is C1CO1.Cc1cccc2ncccc12. The third kappa shape index (κ3) is 2.30. The lowest BCUT2D eigenvalue weighted by Gasteiger charge is -1.97. The topological polar surface area (TPSA) is 25.4 Å². The van der Waals surface area contributed by atoms with Crippen LogP contribution in [0.5, 0.6) is 0 Å². The van der Waals surface area contributed by atoms with Crippen LogP contribution in [0.1, 0.15) is 5.56 Å². The molecule has 1 fully saturated rings. The van der Waals surface area contributed by atoms with Crippen molar-refractivity contribution in [3.63, 3.8) is 0 Å². The summed E-state index contributed by atoms with van der Waals surface area (Å²) in [7, 11) is 0. The lowest BCUT2D eigenvalue weighted by atomic mass is 10.1. The number of aryl methyl sites for hydroxylation is 1. The number of rotatable bonds is 0. The van der Waals surface area contributed by atoms with E-state index in [0.717, 1.165) is 18.7 Å². The van der Waals surface area contributed by atoms with E-state index in [1.807, 2.05) is 24.4 Å². The summed E-state index contributed by atoms with van der Waals surface area (Å²) in [5.74, 6) is 0. The smallest absolute Gasteiger partial charge is 0.0704 e. The van der Waals surface area contributed by atoms with Gasteiger partial charge in [0.1, 0.15) is 0 Å². The number of benzene rings is 1. The third-order valence-electron chi connectivity index (χ3n) is 2.07. The van der Waals surface area contributed by atoms with E-state index in [-0.39, 0.29) is 0 Å². The maximum absolute atomic E-state index is 4.50. The molecule has 0 amide bonds. The van der Waals surface area contributed by atoms with Crippen molar-refractivity contribution < 1.29 is 4.74 Å². The molecule has 14 heavy (non-hydrogen) atoms. The first-order chi connectivity index (χ1) is 6.88. The van der Waals surface area contributed by atoms with Crippen LogP contribution in [0, 0.1) is 6.92 Å². The highest BCUT2D eigenvalue weighted by atomic mass is 16.6. The average molecular weight is 187 g/mol. The molecule has 0 N–H and O–H groups in total. The molecular weight excluding hydrogens is 174 g/mol. The van der Waals surface area contributed by atoms with Crippen LogP contribution in [-0.2, 0) is 4.74 Å². The predicted molar refractivity (Wildman–Crippen MR) is 57.3 cm³/mol. The first kappa shape index (κ1) is 9.16. The van der Waals surface area contributed by atoms with Gasteiger partial charge < -0.3 is 4.74 Å². The lowest BCUT2D eigenvalue weighted by Crippen LogP contribution is -1.79. The Hall–Kier alpha value is -1.41. The van der Waals surface area contributed by atoms with Gasteiger partial charge in [-0.15, -0.1) is 0 Å². The van der Waals surface area contributed by atoms with Gasteiger partial charge >= 0.3 is 0 Å². The van der Waals surface area contributed by atoms with Crippen LogP contribution in [0.15, 0.2) is 36.5 Å². The van der Waals surface area contributed by atoms with Crippen LogP contribution < -0.4 is 0 Å². The zero-order valence-electron chi connectivity index (χ0n) is 8.23. The summed E-state index contributed by atoms with van der Waals surface area (Å²) in [6, 6.07) is 10.2. The summed E-state index contributed by atoms with van der Waals surface area (Å²) in [5.41, 5.74) is 2.36. The number of hydrogen-bond acceptors (Lipinski definition) is 2. The first-order valence-electron chi connectivity index (χ1n) is 4.76. The number of fused-ring (bicyclic) bond motifs is 1. The Morgan fingerprint density at radius 1 is 1.14 bits per heavy atom. The fourth-order valence-electron chi connectivity index (χ4n) is 1.26. The van der Waals surface area contributed by atoms with Crippen molar-refractivity contribution in [2.75, 3.05) is 13.2 Å². The molecule has 0 bridgehead atoms. The second-order valence-electron chi connectivity index (χ2n) is 3.26. The molecule has 2 nitrogen and oxygen atoms in total. The van der Waals surface area contributed by atoms with Gasteiger partial charge in [-0.25, -0.2) is 0 Å². The number of epoxide rings is 1. The summed E-state index contributed by atoms with van der Waals surface area (Å²) >= 11 is 0. The predicted octanol–water partition coefficient (Wildman–Crippen LogP) is 2.56. The quantitative estimate of drug-likeness (QED) is 0.592. The van der Waals surface area contributed by atoms with Crippen molar-refractivity contribution in [3.05, 3.63) is 42.1 Å². The van der Waals surface area contributed by atoms with Crippen LogP contribution >= 0.6 is 0 Å². The van der Waals surface area contributed by atoms with Gasteiger partial charge in [-0.05, 0) is 24.6 Å². The highest BCUT2D eigenvalue weighted by Crippen LogP contribution is 2.14. The Morgan fingerprint density at radius 3 is 2.57 bits per heavy atom. The molecule has 2 heterocycles. The summed E-state index contributed by atoms with van der Waals surface area (Å²) in [6.45, 7) is 4.10.